The van der Waals surface area contributed by atoms with E-state index in [4.69, 9.17) is 0 Å². The minimum absolute atomic E-state index is 0.283. The smallest absolute Gasteiger partial charge is 0.195 e. The van der Waals surface area contributed by atoms with Gasteiger partial charge in [-0.15, -0.1) is 0 Å². The molecule has 3 aromatic rings. The lowest BCUT2D eigenvalue weighted by atomic mass is 10.0. The topological polar surface area (TPSA) is 34.4 Å². The van der Waals surface area contributed by atoms with Crippen molar-refractivity contribution in [1.82, 2.24) is 9.38 Å². The average molecular weight is 242 g/mol. The van der Waals surface area contributed by atoms with Crippen molar-refractivity contribution < 1.29 is 4.79 Å². The normalized spacial score (nSPS) is 15.6. The summed E-state index contributed by atoms with van der Waals surface area (Å²) < 4.78 is 2.16. The Morgan fingerprint density at radius 3 is 3.06 bits per heavy atom. The monoisotopic (exact) mass is 242 g/mol. The van der Waals surface area contributed by atoms with Gasteiger partial charge in [-0.2, -0.15) is 0 Å². The molecule has 1 aliphatic rings. The maximum absolute atomic E-state index is 11.9. The first-order valence-electron chi connectivity index (χ1n) is 5.76. The third-order valence-electron chi connectivity index (χ3n) is 3.33. The highest BCUT2D eigenvalue weighted by molar-refractivity contribution is 7.19. The van der Waals surface area contributed by atoms with Gasteiger partial charge >= 0.3 is 0 Å². The number of imidazole rings is 1. The Kier molecular flexibility index (Phi) is 1.74. The predicted octanol–water partition coefficient (Wildman–Crippen LogP) is 3.07. The molecule has 0 fully saturated rings. The minimum atomic E-state index is 0.283. The Hall–Kier alpha value is -1.68. The molecule has 17 heavy (non-hydrogen) atoms. The first kappa shape index (κ1) is 9.36. The summed E-state index contributed by atoms with van der Waals surface area (Å²) in [6.07, 6.45) is 2.64. The summed E-state index contributed by atoms with van der Waals surface area (Å²) in [5.74, 6) is 0.283. The standard InChI is InChI=1S/C13H10N2OS/c16-11-7-3-6-10-12(11)17-13-14-8-4-1-2-5-9(8)15(10)13/h1-2,4-5H,3,6-7H2. The summed E-state index contributed by atoms with van der Waals surface area (Å²) in [6.45, 7) is 0. The number of para-hydroxylation sites is 2. The summed E-state index contributed by atoms with van der Waals surface area (Å²) in [4.78, 5) is 18.3. The number of nitrogens with zero attached hydrogens (tertiary/aromatic N) is 2. The van der Waals surface area contributed by atoms with Crippen LogP contribution in [0.1, 0.15) is 28.2 Å². The van der Waals surface area contributed by atoms with E-state index in [0.717, 1.165) is 39.4 Å². The Labute approximate surface area is 102 Å². The summed E-state index contributed by atoms with van der Waals surface area (Å²) in [6, 6.07) is 8.11. The van der Waals surface area contributed by atoms with Crippen LogP contribution in [0.25, 0.3) is 16.0 Å². The van der Waals surface area contributed by atoms with Crippen LogP contribution in [0.4, 0.5) is 0 Å². The van der Waals surface area contributed by atoms with Crippen molar-refractivity contribution >= 4 is 33.1 Å². The van der Waals surface area contributed by atoms with E-state index < -0.39 is 0 Å². The molecule has 0 saturated carbocycles. The molecule has 3 nitrogen and oxygen atoms in total. The minimum Gasteiger partial charge on any atom is -0.293 e. The van der Waals surface area contributed by atoms with Crippen molar-refractivity contribution in [3.05, 3.63) is 34.8 Å². The molecule has 4 heteroatoms. The summed E-state index contributed by atoms with van der Waals surface area (Å²) >= 11 is 1.54. The second kappa shape index (κ2) is 3.17. The molecule has 84 valence electrons. The molecule has 0 amide bonds. The number of aryl methyl sites for hydroxylation is 1. The number of benzene rings is 1. The van der Waals surface area contributed by atoms with E-state index >= 15 is 0 Å². The highest BCUT2D eigenvalue weighted by Gasteiger charge is 2.24. The number of Topliss-reactive ketones (excluding diaryl/α,β-unsaturated/α-hetero) is 1. The summed E-state index contributed by atoms with van der Waals surface area (Å²) in [5, 5.41) is 0. The fourth-order valence-corrected chi connectivity index (χ4v) is 3.71. The van der Waals surface area contributed by atoms with E-state index in [2.05, 4.69) is 15.5 Å². The number of thiazole rings is 1. The second-order valence-corrected chi connectivity index (χ2v) is 5.35. The third kappa shape index (κ3) is 1.16. The predicted molar refractivity (Wildman–Crippen MR) is 67.8 cm³/mol. The Bertz CT molecular complexity index is 753. The van der Waals surface area contributed by atoms with Gasteiger partial charge in [-0.25, -0.2) is 4.98 Å². The fraction of sp³-hybridized carbons (Fsp3) is 0.231. The van der Waals surface area contributed by atoms with E-state index in [1.807, 2.05) is 18.2 Å². The van der Waals surface area contributed by atoms with Crippen LogP contribution in [0.2, 0.25) is 0 Å². The average Bonchev–Trinajstić information content (AvgIpc) is 2.85. The lowest BCUT2D eigenvalue weighted by Crippen LogP contribution is -2.09. The summed E-state index contributed by atoms with van der Waals surface area (Å²) in [5.41, 5.74) is 3.30. The zero-order valence-corrected chi connectivity index (χ0v) is 9.96. The molecule has 2 aromatic heterocycles. The first-order valence-corrected chi connectivity index (χ1v) is 6.58. The van der Waals surface area contributed by atoms with Crippen molar-refractivity contribution in [1.29, 1.82) is 0 Å². The van der Waals surface area contributed by atoms with Crippen LogP contribution >= 0.6 is 11.3 Å². The zero-order valence-electron chi connectivity index (χ0n) is 9.14. The van der Waals surface area contributed by atoms with Gasteiger partial charge in [0, 0.05) is 12.1 Å². The van der Waals surface area contributed by atoms with Gasteiger partial charge in [0.1, 0.15) is 0 Å². The zero-order chi connectivity index (χ0) is 11.4. The molecule has 0 saturated heterocycles. The van der Waals surface area contributed by atoms with Crippen LogP contribution in [0.5, 0.6) is 0 Å². The SMILES string of the molecule is O=C1CCCc2c1sc1nc3ccccc3n21. The van der Waals surface area contributed by atoms with Gasteiger partial charge in [0.2, 0.25) is 0 Å². The van der Waals surface area contributed by atoms with Crippen molar-refractivity contribution in [3.63, 3.8) is 0 Å². The highest BCUT2D eigenvalue weighted by atomic mass is 32.1. The lowest BCUT2D eigenvalue weighted by Gasteiger charge is -2.09. The van der Waals surface area contributed by atoms with Gasteiger partial charge in [0.25, 0.3) is 0 Å². The largest absolute Gasteiger partial charge is 0.293 e. The molecule has 1 aromatic carbocycles. The van der Waals surface area contributed by atoms with Crippen LogP contribution in [0.3, 0.4) is 0 Å². The van der Waals surface area contributed by atoms with E-state index in [-0.39, 0.29) is 5.78 Å². The van der Waals surface area contributed by atoms with Crippen LogP contribution in [0.15, 0.2) is 24.3 Å². The van der Waals surface area contributed by atoms with E-state index in [1.54, 1.807) is 0 Å². The van der Waals surface area contributed by atoms with Gasteiger partial charge in [0.05, 0.1) is 15.9 Å². The van der Waals surface area contributed by atoms with E-state index in [1.165, 1.54) is 11.3 Å². The number of hydrogen-bond donors (Lipinski definition) is 0. The molecule has 0 aliphatic heterocycles. The molecule has 0 radical (unpaired) electrons. The van der Waals surface area contributed by atoms with Crippen molar-refractivity contribution in [2.45, 2.75) is 19.3 Å². The van der Waals surface area contributed by atoms with Gasteiger partial charge < -0.3 is 0 Å². The molecule has 2 heterocycles. The number of hydrogen-bond acceptors (Lipinski definition) is 3. The van der Waals surface area contributed by atoms with Gasteiger partial charge in [-0.3, -0.25) is 9.20 Å². The number of carbonyl (C=O) groups is 1. The Morgan fingerprint density at radius 1 is 1.24 bits per heavy atom. The molecular formula is C13H10N2OS. The third-order valence-corrected chi connectivity index (χ3v) is 4.45. The molecule has 0 atom stereocenters. The molecule has 1 aliphatic carbocycles. The fourth-order valence-electron chi connectivity index (χ4n) is 2.56. The molecule has 0 unspecified atom stereocenters. The Morgan fingerprint density at radius 2 is 2.12 bits per heavy atom. The Balaban J connectivity index is 2.19. The molecule has 0 N–H and O–H groups in total. The number of aromatic nitrogens is 2. The van der Waals surface area contributed by atoms with Crippen LogP contribution in [-0.4, -0.2) is 15.2 Å². The molecule has 0 bridgehead atoms. The van der Waals surface area contributed by atoms with Crippen LogP contribution < -0.4 is 0 Å². The maximum Gasteiger partial charge on any atom is 0.195 e. The van der Waals surface area contributed by atoms with Crippen LogP contribution in [-0.2, 0) is 6.42 Å². The van der Waals surface area contributed by atoms with Gasteiger partial charge in [-0.05, 0) is 25.0 Å². The number of fused-ring (bicyclic) bond motifs is 5. The van der Waals surface area contributed by atoms with Crippen molar-refractivity contribution in [2.75, 3.05) is 0 Å². The lowest BCUT2D eigenvalue weighted by molar-refractivity contribution is 0.0976. The number of ketones is 1. The number of rotatable bonds is 0. The molecule has 4 rings (SSSR count). The second-order valence-electron chi connectivity index (χ2n) is 4.37. The van der Waals surface area contributed by atoms with E-state index in [0.29, 0.717) is 6.42 Å². The summed E-state index contributed by atoms with van der Waals surface area (Å²) in [7, 11) is 0. The van der Waals surface area contributed by atoms with Crippen molar-refractivity contribution in [3.8, 4) is 0 Å². The quantitative estimate of drug-likeness (QED) is 0.607. The van der Waals surface area contributed by atoms with Crippen LogP contribution in [0, 0.1) is 0 Å². The van der Waals surface area contributed by atoms with Crippen molar-refractivity contribution in [2.24, 2.45) is 0 Å². The highest BCUT2D eigenvalue weighted by Crippen LogP contribution is 2.32. The number of carbonyl (C=O) groups excluding carboxylic acids is 1. The molecule has 0 spiro atoms. The molecular weight excluding hydrogens is 232 g/mol. The van der Waals surface area contributed by atoms with Gasteiger partial charge in [-0.1, -0.05) is 23.5 Å². The van der Waals surface area contributed by atoms with E-state index in [9.17, 15) is 4.79 Å². The van der Waals surface area contributed by atoms with Gasteiger partial charge in [0.15, 0.2) is 10.7 Å². The first-order chi connectivity index (χ1) is 8.34. The maximum atomic E-state index is 11.9.